The van der Waals surface area contributed by atoms with E-state index in [4.69, 9.17) is 16.7 Å². The van der Waals surface area contributed by atoms with Crippen molar-refractivity contribution < 1.29 is 9.90 Å². The Kier molecular flexibility index (Phi) is 2.96. The smallest absolute Gasteiger partial charge is 0.224 e. The SMILES string of the molecule is CC(O)CC(=O)Cl. The summed E-state index contributed by atoms with van der Waals surface area (Å²) in [4.78, 5) is 9.86. The second kappa shape index (κ2) is 2.99. The normalized spacial score (nSPS) is 13.6. The van der Waals surface area contributed by atoms with E-state index >= 15 is 0 Å². The van der Waals surface area contributed by atoms with Crippen LogP contribution in [0.15, 0.2) is 0 Å². The second-order valence-electron chi connectivity index (χ2n) is 1.41. The van der Waals surface area contributed by atoms with Crippen molar-refractivity contribution in [2.24, 2.45) is 0 Å². The largest absolute Gasteiger partial charge is 0.393 e. The molecule has 0 radical (unpaired) electrons. The van der Waals surface area contributed by atoms with Crippen molar-refractivity contribution in [2.75, 3.05) is 0 Å². The Labute approximate surface area is 47.1 Å². The maximum absolute atomic E-state index is 9.86. The lowest BCUT2D eigenvalue weighted by Gasteiger charge is -1.93. The van der Waals surface area contributed by atoms with Gasteiger partial charge in [0.1, 0.15) is 0 Å². The molecule has 42 valence electrons. The van der Waals surface area contributed by atoms with Gasteiger partial charge in [0, 0.05) is 6.42 Å². The van der Waals surface area contributed by atoms with Gasteiger partial charge in [-0.05, 0) is 18.5 Å². The fourth-order valence-electron chi connectivity index (χ4n) is 0.232. The molecule has 0 fully saturated rings. The van der Waals surface area contributed by atoms with Crippen molar-refractivity contribution in [2.45, 2.75) is 19.4 Å². The van der Waals surface area contributed by atoms with Gasteiger partial charge in [-0.3, -0.25) is 4.79 Å². The predicted molar refractivity (Wildman–Crippen MR) is 27.2 cm³/mol. The summed E-state index contributed by atoms with van der Waals surface area (Å²) in [7, 11) is 0. The standard InChI is InChI=1S/C4H7ClO2/c1-3(6)2-4(5)7/h3,6H,2H2,1H3. The van der Waals surface area contributed by atoms with Crippen LogP contribution in [0.1, 0.15) is 13.3 Å². The van der Waals surface area contributed by atoms with Crippen LogP contribution in [0, 0.1) is 0 Å². The van der Waals surface area contributed by atoms with Crippen LogP contribution < -0.4 is 0 Å². The third-order valence-electron chi connectivity index (χ3n) is 0.456. The number of hydrogen-bond donors (Lipinski definition) is 1. The second-order valence-corrected chi connectivity index (χ2v) is 1.83. The molecule has 0 saturated carbocycles. The van der Waals surface area contributed by atoms with Crippen LogP contribution in [-0.2, 0) is 4.79 Å². The van der Waals surface area contributed by atoms with Crippen molar-refractivity contribution in [1.82, 2.24) is 0 Å². The molecule has 0 aliphatic heterocycles. The number of aliphatic hydroxyl groups excluding tert-OH is 1. The Morgan fingerprint density at radius 3 is 2.43 bits per heavy atom. The van der Waals surface area contributed by atoms with E-state index in [1.807, 2.05) is 0 Å². The van der Waals surface area contributed by atoms with E-state index in [-0.39, 0.29) is 6.42 Å². The average Bonchev–Trinajstić information content (AvgIpc) is 1.27. The highest BCUT2D eigenvalue weighted by molar-refractivity contribution is 6.63. The number of rotatable bonds is 2. The molecule has 0 aliphatic carbocycles. The van der Waals surface area contributed by atoms with E-state index in [1.165, 1.54) is 6.92 Å². The Morgan fingerprint density at radius 1 is 2.00 bits per heavy atom. The lowest BCUT2D eigenvalue weighted by atomic mass is 10.3. The first kappa shape index (κ1) is 6.92. The average molecular weight is 123 g/mol. The number of carbonyl (C=O) groups is 1. The lowest BCUT2D eigenvalue weighted by molar-refractivity contribution is -0.113. The molecule has 0 spiro atoms. The van der Waals surface area contributed by atoms with Gasteiger partial charge in [-0.2, -0.15) is 0 Å². The van der Waals surface area contributed by atoms with E-state index in [0.717, 1.165) is 0 Å². The Bertz CT molecular complexity index is 70.1. The third-order valence-corrected chi connectivity index (χ3v) is 0.610. The molecule has 7 heavy (non-hydrogen) atoms. The highest BCUT2D eigenvalue weighted by Crippen LogP contribution is 1.92. The molecule has 0 aromatic rings. The first-order chi connectivity index (χ1) is 3.13. The van der Waals surface area contributed by atoms with Crippen LogP contribution in [0.5, 0.6) is 0 Å². The maximum atomic E-state index is 9.86. The fraction of sp³-hybridized carbons (Fsp3) is 0.750. The van der Waals surface area contributed by atoms with Gasteiger partial charge in [0.05, 0.1) is 6.10 Å². The molecule has 0 aromatic heterocycles. The first-order valence-electron chi connectivity index (χ1n) is 1.99. The molecule has 0 rings (SSSR count). The van der Waals surface area contributed by atoms with Crippen molar-refractivity contribution in [3.05, 3.63) is 0 Å². The molecule has 0 bridgehead atoms. The van der Waals surface area contributed by atoms with Gasteiger partial charge in [0.15, 0.2) is 0 Å². The minimum Gasteiger partial charge on any atom is -0.393 e. The zero-order valence-corrected chi connectivity index (χ0v) is 4.77. The van der Waals surface area contributed by atoms with Gasteiger partial charge in [-0.1, -0.05) is 0 Å². The Balaban J connectivity index is 3.13. The minimum atomic E-state index is -0.606. The van der Waals surface area contributed by atoms with Gasteiger partial charge < -0.3 is 5.11 Å². The number of aliphatic hydroxyl groups is 1. The molecular weight excluding hydrogens is 115 g/mol. The van der Waals surface area contributed by atoms with Crippen molar-refractivity contribution in [3.63, 3.8) is 0 Å². The van der Waals surface area contributed by atoms with Gasteiger partial charge >= 0.3 is 0 Å². The van der Waals surface area contributed by atoms with Crippen LogP contribution in [0.3, 0.4) is 0 Å². The van der Waals surface area contributed by atoms with E-state index in [1.54, 1.807) is 0 Å². The summed E-state index contributed by atoms with van der Waals surface area (Å²) in [5.74, 6) is 0. The summed E-state index contributed by atoms with van der Waals surface area (Å²) >= 11 is 4.87. The molecule has 0 saturated heterocycles. The number of halogens is 1. The molecule has 1 N–H and O–H groups in total. The van der Waals surface area contributed by atoms with E-state index < -0.39 is 11.3 Å². The summed E-state index contributed by atoms with van der Waals surface area (Å²) < 4.78 is 0. The van der Waals surface area contributed by atoms with Crippen LogP contribution in [0.25, 0.3) is 0 Å². The Hall–Kier alpha value is -0.0800. The molecule has 3 heteroatoms. The zero-order valence-electron chi connectivity index (χ0n) is 4.02. The molecule has 1 atom stereocenters. The maximum Gasteiger partial charge on any atom is 0.224 e. The zero-order chi connectivity index (χ0) is 5.86. The molecule has 0 amide bonds. The topological polar surface area (TPSA) is 37.3 Å². The highest BCUT2D eigenvalue weighted by atomic mass is 35.5. The molecule has 0 aliphatic rings. The van der Waals surface area contributed by atoms with Crippen molar-refractivity contribution in [3.8, 4) is 0 Å². The lowest BCUT2D eigenvalue weighted by Crippen LogP contribution is -2.03. The monoisotopic (exact) mass is 122 g/mol. The molecule has 1 unspecified atom stereocenters. The summed E-state index contributed by atoms with van der Waals surface area (Å²) in [6, 6.07) is 0. The molecule has 2 nitrogen and oxygen atoms in total. The third kappa shape index (κ3) is 5.92. The first-order valence-corrected chi connectivity index (χ1v) is 2.37. The van der Waals surface area contributed by atoms with Gasteiger partial charge in [-0.25, -0.2) is 0 Å². The van der Waals surface area contributed by atoms with E-state index in [0.29, 0.717) is 0 Å². The summed E-state index contributed by atoms with van der Waals surface area (Å²) in [5, 5.41) is 7.93. The van der Waals surface area contributed by atoms with E-state index in [2.05, 4.69) is 0 Å². The summed E-state index contributed by atoms with van der Waals surface area (Å²) in [6.45, 7) is 1.51. The highest BCUT2D eigenvalue weighted by Gasteiger charge is 1.99. The van der Waals surface area contributed by atoms with Crippen LogP contribution in [0.2, 0.25) is 0 Å². The van der Waals surface area contributed by atoms with Gasteiger partial charge in [0.2, 0.25) is 5.24 Å². The minimum absolute atomic E-state index is 0.0432. The molecule has 0 heterocycles. The fourth-order valence-corrected chi connectivity index (χ4v) is 0.456. The van der Waals surface area contributed by atoms with Gasteiger partial charge in [0.25, 0.3) is 0 Å². The molecule has 0 aromatic carbocycles. The number of carbonyl (C=O) groups excluding carboxylic acids is 1. The van der Waals surface area contributed by atoms with Crippen LogP contribution in [0.4, 0.5) is 0 Å². The predicted octanol–water partition coefficient (Wildman–Crippen LogP) is 0.523. The van der Waals surface area contributed by atoms with Crippen LogP contribution in [-0.4, -0.2) is 16.5 Å². The van der Waals surface area contributed by atoms with Gasteiger partial charge in [-0.15, -0.1) is 0 Å². The van der Waals surface area contributed by atoms with Crippen LogP contribution >= 0.6 is 11.6 Å². The number of hydrogen-bond acceptors (Lipinski definition) is 2. The quantitative estimate of drug-likeness (QED) is 0.543. The van der Waals surface area contributed by atoms with Crippen molar-refractivity contribution >= 4 is 16.8 Å². The summed E-state index contributed by atoms with van der Waals surface area (Å²) in [6.07, 6.45) is -0.563. The van der Waals surface area contributed by atoms with E-state index in [9.17, 15) is 4.79 Å². The summed E-state index contributed by atoms with van der Waals surface area (Å²) in [5.41, 5.74) is 0. The molecular formula is C4H7ClO2. The Morgan fingerprint density at radius 2 is 2.43 bits per heavy atom. The van der Waals surface area contributed by atoms with Crippen molar-refractivity contribution in [1.29, 1.82) is 0 Å².